The number of carbonyl (C=O) groups is 2. The Morgan fingerprint density at radius 2 is 2.10 bits per heavy atom. The molecule has 6 heteroatoms. The molecule has 0 aliphatic heterocycles. The maximum absolute atomic E-state index is 12.3. The molecule has 0 saturated heterocycles. The third-order valence-corrected chi connectivity index (χ3v) is 3.72. The highest BCUT2D eigenvalue weighted by Gasteiger charge is 2.37. The normalized spacial score (nSPS) is 16.9. The van der Waals surface area contributed by atoms with Gasteiger partial charge in [-0.05, 0) is 25.0 Å². The minimum absolute atomic E-state index is 0.0342. The fourth-order valence-electron chi connectivity index (χ4n) is 2.73. The van der Waals surface area contributed by atoms with Crippen LogP contribution < -0.4 is 11.1 Å². The third-order valence-electron chi connectivity index (χ3n) is 3.72. The van der Waals surface area contributed by atoms with Crippen LogP contribution in [0.5, 0.6) is 0 Å². The molecule has 0 unspecified atom stereocenters. The zero-order valence-corrected chi connectivity index (χ0v) is 11.3. The Labute approximate surface area is 117 Å². The Hall–Kier alpha value is -1.95. The van der Waals surface area contributed by atoms with Gasteiger partial charge in [-0.15, -0.1) is 0 Å². The number of aliphatic carboxylic acids is 1. The quantitative estimate of drug-likeness (QED) is 0.746. The summed E-state index contributed by atoms with van der Waals surface area (Å²) in [5.41, 5.74) is 5.99. The lowest BCUT2D eigenvalue weighted by Crippen LogP contribution is -2.47. The van der Waals surface area contributed by atoms with Gasteiger partial charge in [0.1, 0.15) is 0 Å². The fourth-order valence-corrected chi connectivity index (χ4v) is 2.73. The number of carbonyl (C=O) groups excluding carboxylic acids is 1. The summed E-state index contributed by atoms with van der Waals surface area (Å²) in [7, 11) is 0. The van der Waals surface area contributed by atoms with Crippen LogP contribution in [0.25, 0.3) is 0 Å². The maximum atomic E-state index is 12.3. The molecule has 1 heterocycles. The van der Waals surface area contributed by atoms with E-state index in [-0.39, 0.29) is 18.9 Å². The SMILES string of the molecule is NCc1cc(C(=O)NC2(CC(=O)O)CCCC2)ccn1. The minimum atomic E-state index is -0.885. The molecule has 0 radical (unpaired) electrons. The van der Waals surface area contributed by atoms with E-state index in [2.05, 4.69) is 10.3 Å². The van der Waals surface area contributed by atoms with Gasteiger partial charge in [-0.3, -0.25) is 14.6 Å². The van der Waals surface area contributed by atoms with Crippen molar-refractivity contribution < 1.29 is 14.7 Å². The van der Waals surface area contributed by atoms with E-state index in [1.807, 2.05) is 0 Å². The molecule has 108 valence electrons. The van der Waals surface area contributed by atoms with Crippen LogP contribution in [0.15, 0.2) is 18.3 Å². The van der Waals surface area contributed by atoms with Gasteiger partial charge in [0.05, 0.1) is 17.7 Å². The first-order valence-electron chi connectivity index (χ1n) is 6.74. The summed E-state index contributed by atoms with van der Waals surface area (Å²) in [4.78, 5) is 27.3. The smallest absolute Gasteiger partial charge is 0.305 e. The molecule has 6 nitrogen and oxygen atoms in total. The standard InChI is InChI=1S/C14H19N3O3/c15-9-11-7-10(3-6-16-11)13(20)17-14(8-12(18)19)4-1-2-5-14/h3,6-7H,1-2,4-5,8-9,15H2,(H,17,20)(H,18,19). The van der Waals surface area contributed by atoms with Gasteiger partial charge in [0.2, 0.25) is 0 Å². The van der Waals surface area contributed by atoms with Gasteiger partial charge in [0.25, 0.3) is 5.91 Å². The Balaban J connectivity index is 2.13. The number of nitrogens with one attached hydrogen (secondary N) is 1. The number of pyridine rings is 1. The van der Waals surface area contributed by atoms with Crippen LogP contribution in [0.3, 0.4) is 0 Å². The Morgan fingerprint density at radius 3 is 2.70 bits per heavy atom. The van der Waals surface area contributed by atoms with Crippen LogP contribution in [0.4, 0.5) is 0 Å². The van der Waals surface area contributed by atoms with Gasteiger partial charge in [-0.25, -0.2) is 0 Å². The molecule has 0 aromatic carbocycles. The second kappa shape index (κ2) is 6.00. The highest BCUT2D eigenvalue weighted by Crippen LogP contribution is 2.32. The van der Waals surface area contributed by atoms with Crippen LogP contribution in [-0.2, 0) is 11.3 Å². The van der Waals surface area contributed by atoms with Crippen LogP contribution >= 0.6 is 0 Å². The lowest BCUT2D eigenvalue weighted by molar-refractivity contribution is -0.138. The number of nitrogens with zero attached hydrogens (tertiary/aromatic N) is 1. The van der Waals surface area contributed by atoms with Gasteiger partial charge in [-0.2, -0.15) is 0 Å². The van der Waals surface area contributed by atoms with E-state index in [1.165, 1.54) is 6.20 Å². The third kappa shape index (κ3) is 3.33. The van der Waals surface area contributed by atoms with Gasteiger partial charge in [0, 0.05) is 18.3 Å². The highest BCUT2D eigenvalue weighted by molar-refractivity contribution is 5.95. The number of hydrogen-bond acceptors (Lipinski definition) is 4. The largest absolute Gasteiger partial charge is 0.481 e. The molecule has 1 aliphatic carbocycles. The fraction of sp³-hybridized carbons (Fsp3) is 0.500. The molecule has 1 aromatic rings. The van der Waals surface area contributed by atoms with Crippen molar-refractivity contribution in [3.8, 4) is 0 Å². The van der Waals surface area contributed by atoms with Crippen LogP contribution in [0.2, 0.25) is 0 Å². The lowest BCUT2D eigenvalue weighted by atomic mass is 9.92. The molecule has 1 amide bonds. The highest BCUT2D eigenvalue weighted by atomic mass is 16.4. The summed E-state index contributed by atoms with van der Waals surface area (Å²) in [6, 6.07) is 3.25. The van der Waals surface area contributed by atoms with Crippen molar-refractivity contribution in [3.63, 3.8) is 0 Å². The van der Waals surface area contributed by atoms with Crippen molar-refractivity contribution in [2.45, 2.75) is 44.2 Å². The van der Waals surface area contributed by atoms with Crippen molar-refractivity contribution in [3.05, 3.63) is 29.6 Å². The predicted molar refractivity (Wildman–Crippen MR) is 73.0 cm³/mol. The molecule has 1 aromatic heterocycles. The molecule has 0 bridgehead atoms. The number of rotatable bonds is 5. The zero-order chi connectivity index (χ0) is 14.6. The first kappa shape index (κ1) is 14.5. The summed E-state index contributed by atoms with van der Waals surface area (Å²) in [5, 5.41) is 11.9. The molecule has 1 fully saturated rings. The average Bonchev–Trinajstić information content (AvgIpc) is 2.86. The summed E-state index contributed by atoms with van der Waals surface area (Å²) < 4.78 is 0. The first-order chi connectivity index (χ1) is 9.54. The Kier molecular flexibility index (Phi) is 4.34. The molecule has 0 atom stereocenters. The van der Waals surface area contributed by atoms with Crippen molar-refractivity contribution in [1.82, 2.24) is 10.3 Å². The number of nitrogens with two attached hydrogens (primary N) is 1. The summed E-state index contributed by atoms with van der Waals surface area (Å²) in [5.74, 6) is -1.14. The monoisotopic (exact) mass is 277 g/mol. The molecule has 4 N–H and O–H groups in total. The molecule has 0 spiro atoms. The van der Waals surface area contributed by atoms with E-state index in [9.17, 15) is 9.59 Å². The van der Waals surface area contributed by atoms with Gasteiger partial charge in [-0.1, -0.05) is 12.8 Å². The minimum Gasteiger partial charge on any atom is -0.481 e. The van der Waals surface area contributed by atoms with Crippen molar-refractivity contribution in [2.24, 2.45) is 5.73 Å². The van der Waals surface area contributed by atoms with Gasteiger partial charge >= 0.3 is 5.97 Å². The molecular weight excluding hydrogens is 258 g/mol. The summed E-state index contributed by atoms with van der Waals surface area (Å²) in [6.07, 6.45) is 4.80. The number of hydrogen-bond donors (Lipinski definition) is 3. The Morgan fingerprint density at radius 1 is 1.40 bits per heavy atom. The summed E-state index contributed by atoms with van der Waals surface area (Å²) >= 11 is 0. The lowest BCUT2D eigenvalue weighted by Gasteiger charge is -2.28. The van der Waals surface area contributed by atoms with E-state index in [0.717, 1.165) is 12.8 Å². The van der Waals surface area contributed by atoms with Gasteiger partial charge in [0.15, 0.2) is 0 Å². The van der Waals surface area contributed by atoms with E-state index in [1.54, 1.807) is 12.1 Å². The number of amides is 1. The van der Waals surface area contributed by atoms with Crippen molar-refractivity contribution in [1.29, 1.82) is 0 Å². The number of carboxylic acid groups (broad SMARTS) is 1. The second-order valence-corrected chi connectivity index (χ2v) is 5.25. The average molecular weight is 277 g/mol. The first-order valence-corrected chi connectivity index (χ1v) is 6.74. The predicted octanol–water partition coefficient (Wildman–Crippen LogP) is 1.06. The van der Waals surface area contributed by atoms with Gasteiger partial charge < -0.3 is 16.2 Å². The van der Waals surface area contributed by atoms with Crippen molar-refractivity contribution in [2.75, 3.05) is 0 Å². The van der Waals surface area contributed by atoms with E-state index in [0.29, 0.717) is 24.1 Å². The zero-order valence-electron chi connectivity index (χ0n) is 11.3. The topological polar surface area (TPSA) is 105 Å². The maximum Gasteiger partial charge on any atom is 0.305 e. The van der Waals surface area contributed by atoms with Crippen LogP contribution in [0, 0.1) is 0 Å². The van der Waals surface area contributed by atoms with Crippen LogP contribution in [-0.4, -0.2) is 27.5 Å². The number of aromatic nitrogens is 1. The van der Waals surface area contributed by atoms with Crippen molar-refractivity contribution >= 4 is 11.9 Å². The van der Waals surface area contributed by atoms with Crippen LogP contribution in [0.1, 0.15) is 48.2 Å². The van der Waals surface area contributed by atoms with E-state index >= 15 is 0 Å². The molecule has 20 heavy (non-hydrogen) atoms. The number of carboxylic acids is 1. The molecule has 1 aliphatic rings. The Bertz CT molecular complexity index is 510. The van der Waals surface area contributed by atoms with E-state index in [4.69, 9.17) is 10.8 Å². The molecule has 2 rings (SSSR count). The summed E-state index contributed by atoms with van der Waals surface area (Å²) in [6.45, 7) is 0.265. The van der Waals surface area contributed by atoms with E-state index < -0.39 is 11.5 Å². The second-order valence-electron chi connectivity index (χ2n) is 5.25. The molecular formula is C14H19N3O3. The molecule has 1 saturated carbocycles.